The number of rotatable bonds is 3. The SMILES string of the molecule is N#Cc1cc(-n2c3ccccc3c3ccccc32)ccc1-c1cccnc1-n1c2ccccc2c2ccccc21. The fraction of sp³-hybridized carbons (Fsp3) is 0. The molecule has 40 heavy (non-hydrogen) atoms. The molecule has 0 amide bonds. The van der Waals surface area contributed by atoms with Gasteiger partial charge in [-0.05, 0) is 48.5 Å². The van der Waals surface area contributed by atoms with Crippen molar-refractivity contribution in [2.75, 3.05) is 0 Å². The molecule has 4 heteroatoms. The molecule has 0 N–H and O–H groups in total. The summed E-state index contributed by atoms with van der Waals surface area (Å²) in [5, 5.41) is 15.2. The van der Waals surface area contributed by atoms with E-state index in [0.717, 1.165) is 44.7 Å². The minimum Gasteiger partial charge on any atom is -0.309 e. The van der Waals surface area contributed by atoms with Gasteiger partial charge in [0.25, 0.3) is 0 Å². The maximum atomic E-state index is 10.4. The number of nitriles is 1. The molecule has 8 aromatic rings. The van der Waals surface area contributed by atoms with Crippen molar-refractivity contribution in [1.29, 1.82) is 5.26 Å². The van der Waals surface area contributed by atoms with Crippen LogP contribution >= 0.6 is 0 Å². The predicted octanol–water partition coefficient (Wildman–Crippen LogP) is 8.81. The van der Waals surface area contributed by atoms with Crippen LogP contribution in [0.25, 0.3) is 66.2 Å². The smallest absolute Gasteiger partial charge is 0.145 e. The van der Waals surface area contributed by atoms with Gasteiger partial charge in [-0.15, -0.1) is 0 Å². The van der Waals surface area contributed by atoms with Crippen LogP contribution < -0.4 is 0 Å². The van der Waals surface area contributed by atoms with Gasteiger partial charge in [-0.25, -0.2) is 4.98 Å². The average molecular weight is 511 g/mol. The van der Waals surface area contributed by atoms with Crippen LogP contribution in [0.15, 0.2) is 134 Å². The maximum absolute atomic E-state index is 10.4. The second-order valence-electron chi connectivity index (χ2n) is 9.96. The second kappa shape index (κ2) is 8.69. The summed E-state index contributed by atoms with van der Waals surface area (Å²) in [5.74, 6) is 0.806. The predicted molar refractivity (Wildman–Crippen MR) is 163 cm³/mol. The highest BCUT2D eigenvalue weighted by molar-refractivity contribution is 6.10. The van der Waals surface area contributed by atoms with Crippen LogP contribution in [0.5, 0.6) is 0 Å². The van der Waals surface area contributed by atoms with E-state index < -0.39 is 0 Å². The van der Waals surface area contributed by atoms with Gasteiger partial charge < -0.3 is 4.57 Å². The van der Waals surface area contributed by atoms with Crippen molar-refractivity contribution in [2.24, 2.45) is 0 Å². The second-order valence-corrected chi connectivity index (χ2v) is 9.96. The van der Waals surface area contributed by atoms with Crippen molar-refractivity contribution in [2.45, 2.75) is 0 Å². The Labute approximate surface area is 230 Å². The Kier molecular flexibility index (Phi) is 4.85. The molecule has 0 unspecified atom stereocenters. The van der Waals surface area contributed by atoms with Gasteiger partial charge in [-0.2, -0.15) is 5.26 Å². The van der Waals surface area contributed by atoms with E-state index in [1.165, 1.54) is 21.5 Å². The summed E-state index contributed by atoms with van der Waals surface area (Å²) in [6.07, 6.45) is 1.82. The number of pyridine rings is 1. The van der Waals surface area contributed by atoms with Crippen LogP contribution in [0.3, 0.4) is 0 Å². The number of hydrogen-bond donors (Lipinski definition) is 0. The Morgan fingerprint density at radius 3 is 1.52 bits per heavy atom. The first-order valence-electron chi connectivity index (χ1n) is 13.3. The molecule has 0 saturated carbocycles. The van der Waals surface area contributed by atoms with E-state index in [4.69, 9.17) is 4.98 Å². The topological polar surface area (TPSA) is 46.5 Å². The van der Waals surface area contributed by atoms with Gasteiger partial charge in [0.15, 0.2) is 0 Å². The molecular formula is C36H22N4. The molecule has 0 radical (unpaired) electrons. The summed E-state index contributed by atoms with van der Waals surface area (Å²) in [6.45, 7) is 0. The quantitative estimate of drug-likeness (QED) is 0.238. The summed E-state index contributed by atoms with van der Waals surface area (Å²) in [4.78, 5) is 4.88. The van der Waals surface area contributed by atoms with Crippen molar-refractivity contribution >= 4 is 43.6 Å². The summed E-state index contributed by atoms with van der Waals surface area (Å²) in [6, 6.07) is 46.3. The lowest BCUT2D eigenvalue weighted by molar-refractivity contribution is 1.08. The minimum absolute atomic E-state index is 0.606. The first-order chi connectivity index (χ1) is 19.8. The number of benzene rings is 5. The zero-order chi connectivity index (χ0) is 26.6. The van der Waals surface area contributed by atoms with Gasteiger partial charge in [-0.1, -0.05) is 78.9 Å². The zero-order valence-electron chi connectivity index (χ0n) is 21.5. The normalized spacial score (nSPS) is 11.5. The number of fused-ring (bicyclic) bond motifs is 6. The molecule has 0 bridgehead atoms. The maximum Gasteiger partial charge on any atom is 0.145 e. The Hall–Kier alpha value is -5.66. The fourth-order valence-electron chi connectivity index (χ4n) is 6.14. The van der Waals surface area contributed by atoms with Gasteiger partial charge in [0.2, 0.25) is 0 Å². The molecule has 0 fully saturated rings. The third kappa shape index (κ3) is 3.15. The number of aromatic nitrogens is 3. The van der Waals surface area contributed by atoms with Crippen LogP contribution in [-0.4, -0.2) is 14.1 Å². The zero-order valence-corrected chi connectivity index (χ0v) is 21.5. The number of nitrogens with zero attached hydrogens (tertiary/aromatic N) is 4. The minimum atomic E-state index is 0.606. The van der Waals surface area contributed by atoms with E-state index in [1.54, 1.807) is 0 Å². The van der Waals surface area contributed by atoms with Crippen LogP contribution in [0.1, 0.15) is 5.56 Å². The highest BCUT2D eigenvalue weighted by atomic mass is 15.1. The third-order valence-electron chi connectivity index (χ3n) is 7.83. The Balaban J connectivity index is 1.37. The van der Waals surface area contributed by atoms with E-state index in [2.05, 4.69) is 130 Å². The van der Waals surface area contributed by atoms with Crippen LogP contribution in [0.4, 0.5) is 0 Å². The van der Waals surface area contributed by atoms with E-state index in [9.17, 15) is 5.26 Å². The average Bonchev–Trinajstić information content (AvgIpc) is 3.54. The van der Waals surface area contributed by atoms with E-state index in [-0.39, 0.29) is 0 Å². The molecule has 0 aliphatic heterocycles. The van der Waals surface area contributed by atoms with Crippen LogP contribution in [0.2, 0.25) is 0 Å². The molecule has 8 rings (SSSR count). The molecule has 0 aliphatic carbocycles. The number of hydrogen-bond acceptors (Lipinski definition) is 2. The van der Waals surface area contributed by atoms with Crippen molar-refractivity contribution in [1.82, 2.24) is 14.1 Å². The summed E-state index contributed by atoms with van der Waals surface area (Å²) < 4.78 is 4.45. The molecule has 0 aliphatic rings. The molecule has 4 nitrogen and oxygen atoms in total. The molecule has 3 heterocycles. The molecular weight excluding hydrogens is 488 g/mol. The first kappa shape index (κ1) is 22.3. The first-order valence-corrected chi connectivity index (χ1v) is 13.3. The fourth-order valence-corrected chi connectivity index (χ4v) is 6.14. The molecule has 186 valence electrons. The van der Waals surface area contributed by atoms with Gasteiger partial charge in [0.1, 0.15) is 5.82 Å². The highest BCUT2D eigenvalue weighted by Crippen LogP contribution is 2.37. The Morgan fingerprint density at radius 2 is 1.00 bits per heavy atom. The standard InChI is InChI=1S/C36H22N4/c37-23-24-22-25(39-32-15-5-1-10-27(32)28-11-2-6-16-33(28)39)19-20-26(24)31-14-9-21-38-36(31)40-34-17-7-3-12-29(34)30-13-4-8-18-35(30)40/h1-22H. The molecule has 3 aromatic heterocycles. The number of para-hydroxylation sites is 4. The summed E-state index contributed by atoms with van der Waals surface area (Å²) in [7, 11) is 0. The van der Waals surface area contributed by atoms with E-state index in [1.807, 2.05) is 18.3 Å². The summed E-state index contributed by atoms with van der Waals surface area (Å²) in [5.41, 5.74) is 7.75. The monoisotopic (exact) mass is 510 g/mol. The lowest BCUT2D eigenvalue weighted by Gasteiger charge is -2.15. The largest absolute Gasteiger partial charge is 0.309 e. The third-order valence-corrected chi connectivity index (χ3v) is 7.83. The van der Waals surface area contributed by atoms with Crippen molar-refractivity contribution < 1.29 is 0 Å². The summed E-state index contributed by atoms with van der Waals surface area (Å²) >= 11 is 0. The lowest BCUT2D eigenvalue weighted by atomic mass is 9.99. The van der Waals surface area contributed by atoms with Gasteiger partial charge in [0.05, 0.1) is 33.7 Å². The van der Waals surface area contributed by atoms with E-state index in [0.29, 0.717) is 5.56 Å². The van der Waals surface area contributed by atoms with Gasteiger partial charge >= 0.3 is 0 Å². The molecule has 0 spiro atoms. The Morgan fingerprint density at radius 1 is 0.500 bits per heavy atom. The van der Waals surface area contributed by atoms with Crippen LogP contribution in [0, 0.1) is 11.3 Å². The van der Waals surface area contributed by atoms with Gasteiger partial charge in [0, 0.05) is 44.6 Å². The highest BCUT2D eigenvalue weighted by Gasteiger charge is 2.19. The molecule has 0 saturated heterocycles. The van der Waals surface area contributed by atoms with Crippen LogP contribution in [-0.2, 0) is 0 Å². The lowest BCUT2D eigenvalue weighted by Crippen LogP contribution is -2.02. The molecule has 0 atom stereocenters. The van der Waals surface area contributed by atoms with Gasteiger partial charge in [-0.3, -0.25) is 4.57 Å². The van der Waals surface area contributed by atoms with E-state index >= 15 is 0 Å². The molecule has 5 aromatic carbocycles. The van der Waals surface area contributed by atoms with Crippen molar-refractivity contribution in [3.8, 4) is 28.7 Å². The Bertz CT molecular complexity index is 2190. The van der Waals surface area contributed by atoms with Crippen molar-refractivity contribution in [3.05, 3.63) is 139 Å². The van der Waals surface area contributed by atoms with Crippen molar-refractivity contribution in [3.63, 3.8) is 0 Å².